The summed E-state index contributed by atoms with van der Waals surface area (Å²) in [6.45, 7) is 5.93. The predicted octanol–water partition coefficient (Wildman–Crippen LogP) is 1.53. The van der Waals surface area contributed by atoms with Crippen LogP contribution in [0.5, 0.6) is 0 Å². The number of fused-ring (bicyclic) bond motifs is 1. The van der Waals surface area contributed by atoms with Crippen molar-refractivity contribution in [2.75, 3.05) is 6.61 Å². The summed E-state index contributed by atoms with van der Waals surface area (Å²) in [6.07, 6.45) is 4.18. The molecule has 0 aromatic carbocycles. The van der Waals surface area contributed by atoms with Gasteiger partial charge in [0.1, 0.15) is 6.61 Å². The average Bonchev–Trinajstić information content (AvgIpc) is 2.90. The lowest BCUT2D eigenvalue weighted by Crippen LogP contribution is -2.30. The molecular formula is C11H16O3. The number of hydrogen-bond acceptors (Lipinski definition) is 3. The highest BCUT2D eigenvalue weighted by Crippen LogP contribution is 2.42. The van der Waals surface area contributed by atoms with Gasteiger partial charge >= 0.3 is 5.97 Å². The quantitative estimate of drug-likeness (QED) is 0.390. The third kappa shape index (κ3) is 1.82. The smallest absolute Gasteiger partial charge is 0.309 e. The summed E-state index contributed by atoms with van der Waals surface area (Å²) in [6, 6.07) is 0. The highest BCUT2D eigenvalue weighted by atomic mass is 16.6. The van der Waals surface area contributed by atoms with E-state index in [1.54, 1.807) is 6.08 Å². The molecule has 14 heavy (non-hydrogen) atoms. The third-order valence-corrected chi connectivity index (χ3v) is 3.11. The molecule has 0 N–H and O–H groups in total. The van der Waals surface area contributed by atoms with Gasteiger partial charge in [-0.1, -0.05) is 19.6 Å². The van der Waals surface area contributed by atoms with Gasteiger partial charge < -0.3 is 9.47 Å². The van der Waals surface area contributed by atoms with Crippen LogP contribution in [0, 0.1) is 11.8 Å². The Hall–Kier alpha value is -0.830. The molecule has 1 saturated carbocycles. The first-order valence-corrected chi connectivity index (χ1v) is 5.15. The molecule has 0 bridgehead atoms. The van der Waals surface area contributed by atoms with Crippen molar-refractivity contribution in [2.45, 2.75) is 32.0 Å². The van der Waals surface area contributed by atoms with E-state index in [4.69, 9.17) is 9.47 Å². The molecular weight excluding hydrogens is 180 g/mol. The summed E-state index contributed by atoms with van der Waals surface area (Å²) in [7, 11) is 0. The minimum atomic E-state index is -0.0913. The molecule has 0 radical (unpaired) electrons. The van der Waals surface area contributed by atoms with E-state index in [0.717, 1.165) is 12.8 Å². The Kier molecular flexibility index (Phi) is 2.59. The van der Waals surface area contributed by atoms with Gasteiger partial charge in [0.05, 0.1) is 18.1 Å². The first-order valence-electron chi connectivity index (χ1n) is 5.15. The number of hydrogen-bond donors (Lipinski definition) is 0. The van der Waals surface area contributed by atoms with Crippen LogP contribution in [0.4, 0.5) is 0 Å². The zero-order valence-corrected chi connectivity index (χ0v) is 8.44. The number of carbonyl (C=O) groups excluding carboxylic acids is 1. The van der Waals surface area contributed by atoms with E-state index in [2.05, 4.69) is 13.5 Å². The molecule has 0 unspecified atom stereocenters. The molecule has 4 atom stereocenters. The van der Waals surface area contributed by atoms with Gasteiger partial charge in [0.15, 0.2) is 0 Å². The molecule has 0 spiro atoms. The summed E-state index contributed by atoms with van der Waals surface area (Å²) in [5.74, 6) is 0.320. The molecule has 0 aromatic rings. The van der Waals surface area contributed by atoms with Crippen molar-refractivity contribution >= 4 is 5.97 Å². The first-order chi connectivity index (χ1) is 6.72. The van der Waals surface area contributed by atoms with E-state index >= 15 is 0 Å². The number of epoxide rings is 1. The van der Waals surface area contributed by atoms with Gasteiger partial charge in [-0.05, 0) is 18.8 Å². The van der Waals surface area contributed by atoms with Crippen molar-refractivity contribution in [3.63, 3.8) is 0 Å². The maximum absolute atomic E-state index is 11.6. The van der Waals surface area contributed by atoms with Gasteiger partial charge in [-0.25, -0.2) is 0 Å². The molecule has 1 aliphatic heterocycles. The largest absolute Gasteiger partial charge is 0.461 e. The summed E-state index contributed by atoms with van der Waals surface area (Å²) >= 11 is 0. The molecule has 1 aliphatic carbocycles. The number of ether oxygens (including phenoxy) is 2. The molecule has 78 valence electrons. The molecule has 3 nitrogen and oxygen atoms in total. The molecule has 0 amide bonds. The molecule has 1 heterocycles. The van der Waals surface area contributed by atoms with Crippen LogP contribution in [0.3, 0.4) is 0 Å². The van der Waals surface area contributed by atoms with Crippen LogP contribution in [0.1, 0.15) is 19.8 Å². The zero-order chi connectivity index (χ0) is 10.1. The summed E-state index contributed by atoms with van der Waals surface area (Å²) < 4.78 is 10.5. The zero-order valence-electron chi connectivity index (χ0n) is 8.44. The van der Waals surface area contributed by atoms with Crippen molar-refractivity contribution in [1.82, 2.24) is 0 Å². The van der Waals surface area contributed by atoms with Crippen molar-refractivity contribution in [2.24, 2.45) is 11.8 Å². The van der Waals surface area contributed by atoms with Crippen molar-refractivity contribution in [3.05, 3.63) is 12.7 Å². The summed E-state index contributed by atoms with van der Waals surface area (Å²) in [4.78, 5) is 11.6. The van der Waals surface area contributed by atoms with Gasteiger partial charge in [0, 0.05) is 0 Å². The van der Waals surface area contributed by atoms with E-state index in [1.807, 2.05) is 0 Å². The van der Waals surface area contributed by atoms with E-state index in [9.17, 15) is 4.79 Å². The lowest BCUT2D eigenvalue weighted by molar-refractivity contribution is -0.149. The van der Waals surface area contributed by atoms with Crippen LogP contribution in [0.2, 0.25) is 0 Å². The standard InChI is InChI=1S/C11H16O3/c1-3-4-13-11(12)8-6-10-9(14-10)5-7(8)2/h3,7-10H,1,4-6H2,2H3/t7-,8+,9-,10+/m1/s1. The second-order valence-electron chi connectivity index (χ2n) is 4.19. The number of rotatable bonds is 3. The van der Waals surface area contributed by atoms with E-state index in [1.165, 1.54) is 0 Å². The van der Waals surface area contributed by atoms with Gasteiger partial charge in [-0.3, -0.25) is 4.79 Å². The fraction of sp³-hybridized carbons (Fsp3) is 0.727. The van der Waals surface area contributed by atoms with E-state index < -0.39 is 0 Å². The average molecular weight is 196 g/mol. The molecule has 1 saturated heterocycles. The second kappa shape index (κ2) is 3.73. The normalized spacial score (nSPS) is 39.8. The Morgan fingerprint density at radius 3 is 3.00 bits per heavy atom. The Bertz CT molecular complexity index is 249. The topological polar surface area (TPSA) is 38.8 Å². The predicted molar refractivity (Wildman–Crippen MR) is 51.7 cm³/mol. The monoisotopic (exact) mass is 196 g/mol. The third-order valence-electron chi connectivity index (χ3n) is 3.11. The summed E-state index contributed by atoms with van der Waals surface area (Å²) in [5.41, 5.74) is 0. The molecule has 2 rings (SSSR count). The highest BCUT2D eigenvalue weighted by molar-refractivity contribution is 5.73. The SMILES string of the molecule is C=CCOC(=O)[C@H]1C[C@@H]2O[C@@H]2C[C@H]1C. The van der Waals surface area contributed by atoms with Crippen LogP contribution >= 0.6 is 0 Å². The van der Waals surface area contributed by atoms with Gasteiger partial charge in [-0.15, -0.1) is 0 Å². The van der Waals surface area contributed by atoms with Gasteiger partial charge in [0.25, 0.3) is 0 Å². The Morgan fingerprint density at radius 2 is 2.29 bits per heavy atom. The van der Waals surface area contributed by atoms with Crippen molar-refractivity contribution < 1.29 is 14.3 Å². The Balaban J connectivity index is 1.88. The second-order valence-corrected chi connectivity index (χ2v) is 4.19. The van der Waals surface area contributed by atoms with Gasteiger partial charge in [0.2, 0.25) is 0 Å². The van der Waals surface area contributed by atoms with Crippen molar-refractivity contribution in [3.8, 4) is 0 Å². The Labute approximate surface area is 84.1 Å². The lowest BCUT2D eigenvalue weighted by atomic mass is 9.80. The first kappa shape index (κ1) is 9.71. The fourth-order valence-electron chi connectivity index (χ4n) is 2.18. The van der Waals surface area contributed by atoms with Crippen LogP contribution < -0.4 is 0 Å². The maximum Gasteiger partial charge on any atom is 0.309 e. The number of carbonyl (C=O) groups is 1. The highest BCUT2D eigenvalue weighted by Gasteiger charge is 2.49. The van der Waals surface area contributed by atoms with E-state index in [0.29, 0.717) is 24.7 Å². The Morgan fingerprint density at radius 1 is 1.57 bits per heavy atom. The van der Waals surface area contributed by atoms with Crippen LogP contribution in [-0.2, 0) is 14.3 Å². The maximum atomic E-state index is 11.6. The van der Waals surface area contributed by atoms with Crippen LogP contribution in [-0.4, -0.2) is 24.8 Å². The molecule has 2 aliphatic rings. The van der Waals surface area contributed by atoms with Crippen LogP contribution in [0.15, 0.2) is 12.7 Å². The molecule has 0 aromatic heterocycles. The molecule has 2 fully saturated rings. The summed E-state index contributed by atoms with van der Waals surface area (Å²) in [5, 5.41) is 0. The minimum Gasteiger partial charge on any atom is -0.461 e. The van der Waals surface area contributed by atoms with Crippen molar-refractivity contribution in [1.29, 1.82) is 0 Å². The minimum absolute atomic E-state index is 0.0266. The van der Waals surface area contributed by atoms with E-state index in [-0.39, 0.29) is 11.9 Å². The molecule has 3 heteroatoms. The number of esters is 1. The fourth-order valence-corrected chi connectivity index (χ4v) is 2.18. The van der Waals surface area contributed by atoms with Crippen LogP contribution in [0.25, 0.3) is 0 Å². The lowest BCUT2D eigenvalue weighted by Gasteiger charge is -2.23. The van der Waals surface area contributed by atoms with Gasteiger partial charge in [-0.2, -0.15) is 0 Å².